The van der Waals surface area contributed by atoms with Gasteiger partial charge in [0.25, 0.3) is 0 Å². The minimum absolute atomic E-state index is 0.667. The summed E-state index contributed by atoms with van der Waals surface area (Å²) in [5.74, 6) is 0. The SMILES string of the molecule is CCOCN(Cc1ccccc1)Cc1ccccc1. The van der Waals surface area contributed by atoms with Crippen molar-refractivity contribution in [1.29, 1.82) is 0 Å². The van der Waals surface area contributed by atoms with E-state index >= 15 is 0 Å². The molecular formula is C17H21NO. The van der Waals surface area contributed by atoms with E-state index in [1.165, 1.54) is 11.1 Å². The van der Waals surface area contributed by atoms with Gasteiger partial charge < -0.3 is 4.74 Å². The van der Waals surface area contributed by atoms with Crippen LogP contribution < -0.4 is 0 Å². The Kier molecular flexibility index (Phi) is 5.60. The van der Waals surface area contributed by atoms with E-state index in [-0.39, 0.29) is 0 Å². The maximum atomic E-state index is 5.57. The van der Waals surface area contributed by atoms with Crippen molar-refractivity contribution in [1.82, 2.24) is 4.90 Å². The molecule has 0 heterocycles. The first-order valence-electron chi connectivity index (χ1n) is 6.76. The highest BCUT2D eigenvalue weighted by molar-refractivity contribution is 5.16. The monoisotopic (exact) mass is 255 g/mol. The van der Waals surface area contributed by atoms with E-state index in [2.05, 4.69) is 53.4 Å². The molecule has 0 aliphatic heterocycles. The van der Waals surface area contributed by atoms with E-state index in [0.717, 1.165) is 19.7 Å². The largest absolute Gasteiger partial charge is 0.366 e. The molecule has 0 unspecified atom stereocenters. The number of hydrogen-bond acceptors (Lipinski definition) is 2. The van der Waals surface area contributed by atoms with Crippen LogP contribution >= 0.6 is 0 Å². The molecule has 0 bridgehead atoms. The van der Waals surface area contributed by atoms with Crippen molar-refractivity contribution in [2.45, 2.75) is 20.0 Å². The normalized spacial score (nSPS) is 10.8. The third-order valence-electron chi connectivity index (χ3n) is 2.98. The number of hydrogen-bond donors (Lipinski definition) is 0. The predicted octanol–water partition coefficient (Wildman–Crippen LogP) is 3.68. The van der Waals surface area contributed by atoms with Gasteiger partial charge in [0.2, 0.25) is 0 Å². The fourth-order valence-electron chi connectivity index (χ4n) is 2.05. The fourth-order valence-corrected chi connectivity index (χ4v) is 2.05. The summed E-state index contributed by atoms with van der Waals surface area (Å²) in [5, 5.41) is 0. The van der Waals surface area contributed by atoms with Crippen molar-refractivity contribution in [3.05, 3.63) is 71.8 Å². The van der Waals surface area contributed by atoms with Crippen LogP contribution in [0.3, 0.4) is 0 Å². The number of benzene rings is 2. The Morgan fingerprint density at radius 2 is 1.26 bits per heavy atom. The lowest BCUT2D eigenvalue weighted by Crippen LogP contribution is -2.25. The molecule has 2 aromatic carbocycles. The average molecular weight is 255 g/mol. The molecule has 19 heavy (non-hydrogen) atoms. The lowest BCUT2D eigenvalue weighted by molar-refractivity contribution is 0.0259. The van der Waals surface area contributed by atoms with Gasteiger partial charge in [0.15, 0.2) is 0 Å². The summed E-state index contributed by atoms with van der Waals surface area (Å²) < 4.78 is 5.57. The van der Waals surface area contributed by atoms with Gasteiger partial charge in [-0.1, -0.05) is 60.7 Å². The van der Waals surface area contributed by atoms with E-state index in [9.17, 15) is 0 Å². The van der Waals surface area contributed by atoms with E-state index in [1.54, 1.807) is 0 Å². The highest BCUT2D eigenvalue weighted by Crippen LogP contribution is 2.09. The van der Waals surface area contributed by atoms with Gasteiger partial charge in [-0.2, -0.15) is 0 Å². The van der Waals surface area contributed by atoms with Crippen LogP contribution in [0.15, 0.2) is 60.7 Å². The van der Waals surface area contributed by atoms with Crippen molar-refractivity contribution in [3.63, 3.8) is 0 Å². The topological polar surface area (TPSA) is 12.5 Å². The Morgan fingerprint density at radius 1 is 0.789 bits per heavy atom. The second-order valence-corrected chi connectivity index (χ2v) is 4.58. The van der Waals surface area contributed by atoms with Crippen LogP contribution in [0.2, 0.25) is 0 Å². The Balaban J connectivity index is 1.99. The van der Waals surface area contributed by atoms with E-state index < -0.39 is 0 Å². The molecule has 100 valence electrons. The van der Waals surface area contributed by atoms with Crippen molar-refractivity contribution < 1.29 is 4.74 Å². The molecule has 0 atom stereocenters. The molecule has 0 amide bonds. The highest BCUT2D eigenvalue weighted by Gasteiger charge is 2.06. The molecule has 0 spiro atoms. The second kappa shape index (κ2) is 7.72. The molecule has 0 aliphatic rings. The van der Waals surface area contributed by atoms with Gasteiger partial charge in [0, 0.05) is 19.7 Å². The Labute approximate surface area is 115 Å². The molecule has 2 nitrogen and oxygen atoms in total. The maximum absolute atomic E-state index is 5.57. The first kappa shape index (κ1) is 13.8. The molecule has 2 rings (SSSR count). The zero-order valence-corrected chi connectivity index (χ0v) is 11.5. The van der Waals surface area contributed by atoms with Crippen LogP contribution in [0.25, 0.3) is 0 Å². The van der Waals surface area contributed by atoms with Crippen LogP contribution in [0.4, 0.5) is 0 Å². The summed E-state index contributed by atoms with van der Waals surface area (Å²) in [7, 11) is 0. The quantitative estimate of drug-likeness (QED) is 0.700. The van der Waals surface area contributed by atoms with Gasteiger partial charge in [-0.25, -0.2) is 0 Å². The average Bonchev–Trinajstić information content (AvgIpc) is 2.47. The van der Waals surface area contributed by atoms with Crippen LogP contribution in [0.1, 0.15) is 18.1 Å². The van der Waals surface area contributed by atoms with Crippen LogP contribution in [-0.2, 0) is 17.8 Å². The van der Waals surface area contributed by atoms with E-state index in [0.29, 0.717) is 6.73 Å². The van der Waals surface area contributed by atoms with Crippen LogP contribution in [-0.4, -0.2) is 18.2 Å². The molecular weight excluding hydrogens is 234 g/mol. The molecule has 0 N–H and O–H groups in total. The smallest absolute Gasteiger partial charge is 0.0995 e. The van der Waals surface area contributed by atoms with E-state index in [1.807, 2.05) is 19.1 Å². The van der Waals surface area contributed by atoms with Crippen molar-refractivity contribution in [3.8, 4) is 0 Å². The Morgan fingerprint density at radius 3 is 1.68 bits per heavy atom. The lowest BCUT2D eigenvalue weighted by Gasteiger charge is -2.22. The minimum Gasteiger partial charge on any atom is -0.366 e. The summed E-state index contributed by atoms with van der Waals surface area (Å²) in [5.41, 5.74) is 2.64. The molecule has 2 heteroatoms. The number of rotatable bonds is 7. The van der Waals surface area contributed by atoms with Crippen molar-refractivity contribution in [2.75, 3.05) is 13.3 Å². The fraction of sp³-hybridized carbons (Fsp3) is 0.294. The van der Waals surface area contributed by atoms with Crippen LogP contribution in [0.5, 0.6) is 0 Å². The lowest BCUT2D eigenvalue weighted by atomic mass is 10.2. The summed E-state index contributed by atoms with van der Waals surface area (Å²) in [6.07, 6.45) is 0. The van der Waals surface area contributed by atoms with Crippen LogP contribution in [0, 0.1) is 0 Å². The van der Waals surface area contributed by atoms with Crippen molar-refractivity contribution in [2.24, 2.45) is 0 Å². The van der Waals surface area contributed by atoms with Gasteiger partial charge in [-0.15, -0.1) is 0 Å². The Bertz CT molecular complexity index is 414. The molecule has 0 saturated carbocycles. The van der Waals surface area contributed by atoms with Gasteiger partial charge >= 0.3 is 0 Å². The summed E-state index contributed by atoms with van der Waals surface area (Å²) in [6, 6.07) is 21.0. The van der Waals surface area contributed by atoms with Gasteiger partial charge in [0.1, 0.15) is 0 Å². The van der Waals surface area contributed by atoms with Gasteiger partial charge in [-0.3, -0.25) is 4.90 Å². The van der Waals surface area contributed by atoms with E-state index in [4.69, 9.17) is 4.74 Å². The molecule has 2 aromatic rings. The molecule has 0 aromatic heterocycles. The molecule has 0 fully saturated rings. The molecule has 0 saturated heterocycles. The zero-order chi connectivity index (χ0) is 13.3. The summed E-state index contributed by atoms with van der Waals surface area (Å²) >= 11 is 0. The van der Waals surface area contributed by atoms with Gasteiger partial charge in [-0.05, 0) is 18.1 Å². The number of ether oxygens (including phenoxy) is 1. The molecule has 0 radical (unpaired) electrons. The van der Waals surface area contributed by atoms with Gasteiger partial charge in [0.05, 0.1) is 6.73 Å². The second-order valence-electron chi connectivity index (χ2n) is 4.58. The highest BCUT2D eigenvalue weighted by atomic mass is 16.5. The summed E-state index contributed by atoms with van der Waals surface area (Å²) in [6.45, 7) is 5.27. The zero-order valence-electron chi connectivity index (χ0n) is 11.5. The maximum Gasteiger partial charge on any atom is 0.0995 e. The first-order valence-corrected chi connectivity index (χ1v) is 6.76. The Hall–Kier alpha value is -1.64. The standard InChI is InChI=1S/C17H21NO/c1-2-19-15-18(13-16-9-5-3-6-10-16)14-17-11-7-4-8-12-17/h3-12H,2,13-15H2,1H3. The van der Waals surface area contributed by atoms with Crippen molar-refractivity contribution >= 4 is 0 Å². The predicted molar refractivity (Wildman–Crippen MR) is 78.6 cm³/mol. The minimum atomic E-state index is 0.667. The molecule has 0 aliphatic carbocycles. The first-order chi connectivity index (χ1) is 9.38. The number of nitrogens with zero attached hydrogens (tertiary/aromatic N) is 1. The third kappa shape index (κ3) is 4.86. The third-order valence-corrected chi connectivity index (χ3v) is 2.98. The summed E-state index contributed by atoms with van der Waals surface area (Å²) in [4.78, 5) is 2.31.